The molecule has 0 fully saturated rings. The molecule has 0 aliphatic carbocycles. The lowest BCUT2D eigenvalue weighted by molar-refractivity contribution is 0.0954. The number of carbonyl (C=O) groups excluding carboxylic acids is 1. The third kappa shape index (κ3) is 4.56. The van der Waals surface area contributed by atoms with E-state index < -0.39 is 0 Å². The van der Waals surface area contributed by atoms with E-state index in [-0.39, 0.29) is 5.91 Å². The third-order valence-electron chi connectivity index (χ3n) is 3.02. The van der Waals surface area contributed by atoms with E-state index >= 15 is 0 Å². The van der Waals surface area contributed by atoms with E-state index in [2.05, 4.69) is 27.5 Å². The summed E-state index contributed by atoms with van der Waals surface area (Å²) in [7, 11) is 0. The molecule has 0 spiro atoms. The normalized spacial score (nSPS) is 10.1. The van der Waals surface area contributed by atoms with Crippen LogP contribution in [0.25, 0.3) is 0 Å². The van der Waals surface area contributed by atoms with Gasteiger partial charge in [-0.15, -0.1) is 0 Å². The van der Waals surface area contributed by atoms with Crippen molar-refractivity contribution in [2.75, 3.05) is 18.4 Å². The summed E-state index contributed by atoms with van der Waals surface area (Å²) < 4.78 is 0. The average molecular weight is 284 g/mol. The highest BCUT2D eigenvalue weighted by molar-refractivity contribution is 5.98. The van der Waals surface area contributed by atoms with Gasteiger partial charge in [-0.1, -0.05) is 13.0 Å². The van der Waals surface area contributed by atoms with Crippen LogP contribution in [0.4, 0.5) is 5.82 Å². The summed E-state index contributed by atoms with van der Waals surface area (Å²) in [5, 5.41) is 6.09. The Morgan fingerprint density at radius 3 is 2.81 bits per heavy atom. The fourth-order valence-corrected chi connectivity index (χ4v) is 1.93. The largest absolute Gasteiger partial charge is 0.369 e. The Hall–Kier alpha value is -2.43. The average Bonchev–Trinajstić information content (AvgIpc) is 2.54. The fourth-order valence-electron chi connectivity index (χ4n) is 1.93. The molecule has 2 aromatic rings. The van der Waals surface area contributed by atoms with E-state index in [1.54, 1.807) is 24.5 Å². The summed E-state index contributed by atoms with van der Waals surface area (Å²) in [5.41, 5.74) is 1.69. The van der Waals surface area contributed by atoms with Crippen molar-refractivity contribution in [1.82, 2.24) is 15.3 Å². The molecule has 0 unspecified atom stereocenters. The summed E-state index contributed by atoms with van der Waals surface area (Å²) in [6.07, 6.45) is 6.98. The first kappa shape index (κ1) is 15.0. The topological polar surface area (TPSA) is 66.9 Å². The maximum atomic E-state index is 12.2. The fraction of sp³-hybridized carbons (Fsp3) is 0.312. The Morgan fingerprint density at radius 2 is 2.05 bits per heavy atom. The predicted octanol–water partition coefficient (Wildman–Crippen LogP) is 2.27. The second kappa shape index (κ2) is 7.99. The van der Waals surface area contributed by atoms with Gasteiger partial charge in [-0.25, -0.2) is 4.98 Å². The first-order valence-corrected chi connectivity index (χ1v) is 7.17. The summed E-state index contributed by atoms with van der Waals surface area (Å²) >= 11 is 0. The molecule has 5 nitrogen and oxygen atoms in total. The molecule has 0 aliphatic heterocycles. The van der Waals surface area contributed by atoms with Crippen molar-refractivity contribution >= 4 is 11.7 Å². The van der Waals surface area contributed by atoms with Crippen molar-refractivity contribution in [2.24, 2.45) is 0 Å². The van der Waals surface area contributed by atoms with Gasteiger partial charge < -0.3 is 10.6 Å². The quantitative estimate of drug-likeness (QED) is 0.818. The van der Waals surface area contributed by atoms with Crippen molar-refractivity contribution in [3.05, 3.63) is 54.0 Å². The molecule has 2 heterocycles. The van der Waals surface area contributed by atoms with Gasteiger partial charge in [-0.3, -0.25) is 9.78 Å². The highest BCUT2D eigenvalue weighted by Gasteiger charge is 2.11. The van der Waals surface area contributed by atoms with Crippen LogP contribution in [0, 0.1) is 0 Å². The lowest BCUT2D eigenvalue weighted by atomic mass is 10.2. The number of pyridine rings is 2. The molecule has 0 atom stereocenters. The monoisotopic (exact) mass is 284 g/mol. The van der Waals surface area contributed by atoms with E-state index in [1.165, 1.54) is 0 Å². The number of anilines is 1. The van der Waals surface area contributed by atoms with Crippen LogP contribution < -0.4 is 10.6 Å². The summed E-state index contributed by atoms with van der Waals surface area (Å²) in [4.78, 5) is 20.5. The highest BCUT2D eigenvalue weighted by Crippen LogP contribution is 2.11. The maximum Gasteiger partial charge on any atom is 0.255 e. The molecular weight excluding hydrogens is 264 g/mol. The van der Waals surface area contributed by atoms with Crippen LogP contribution >= 0.6 is 0 Å². The van der Waals surface area contributed by atoms with Gasteiger partial charge in [0.25, 0.3) is 5.91 Å². The van der Waals surface area contributed by atoms with Crippen LogP contribution in [0.1, 0.15) is 29.3 Å². The Labute approximate surface area is 124 Å². The van der Waals surface area contributed by atoms with Crippen LogP contribution in [-0.4, -0.2) is 29.0 Å². The highest BCUT2D eigenvalue weighted by atomic mass is 16.1. The van der Waals surface area contributed by atoms with Crippen LogP contribution in [0.5, 0.6) is 0 Å². The van der Waals surface area contributed by atoms with E-state index in [1.807, 2.05) is 18.3 Å². The Morgan fingerprint density at radius 1 is 1.19 bits per heavy atom. The van der Waals surface area contributed by atoms with Crippen molar-refractivity contribution < 1.29 is 4.79 Å². The molecule has 1 amide bonds. The third-order valence-corrected chi connectivity index (χ3v) is 3.02. The predicted molar refractivity (Wildman–Crippen MR) is 83.3 cm³/mol. The van der Waals surface area contributed by atoms with Crippen LogP contribution in [0.3, 0.4) is 0 Å². The van der Waals surface area contributed by atoms with Crippen LogP contribution in [0.15, 0.2) is 42.9 Å². The maximum absolute atomic E-state index is 12.2. The lowest BCUT2D eigenvalue weighted by Gasteiger charge is -2.10. The number of rotatable bonds is 7. The van der Waals surface area contributed by atoms with Gasteiger partial charge in [0.2, 0.25) is 0 Å². The molecule has 2 rings (SSSR count). The molecule has 2 aromatic heterocycles. The van der Waals surface area contributed by atoms with Gasteiger partial charge in [0.15, 0.2) is 0 Å². The summed E-state index contributed by atoms with van der Waals surface area (Å²) in [5.74, 6) is 0.531. The lowest BCUT2D eigenvalue weighted by Crippen LogP contribution is -2.27. The molecule has 0 saturated heterocycles. The van der Waals surface area contributed by atoms with Gasteiger partial charge in [0.05, 0.1) is 5.56 Å². The molecular formula is C16H20N4O. The van der Waals surface area contributed by atoms with Crippen LogP contribution in [0.2, 0.25) is 0 Å². The molecule has 0 radical (unpaired) electrons. The van der Waals surface area contributed by atoms with Gasteiger partial charge >= 0.3 is 0 Å². The molecule has 5 heteroatoms. The number of carbonyl (C=O) groups is 1. The van der Waals surface area contributed by atoms with E-state index in [4.69, 9.17) is 0 Å². The SMILES string of the molecule is CCCNc1ncccc1C(=O)NCCc1cccnc1. The van der Waals surface area contributed by atoms with Gasteiger partial charge in [-0.05, 0) is 36.6 Å². The molecule has 0 aliphatic rings. The van der Waals surface area contributed by atoms with Gasteiger partial charge in [0, 0.05) is 31.7 Å². The second-order valence-electron chi connectivity index (χ2n) is 4.69. The van der Waals surface area contributed by atoms with Crippen molar-refractivity contribution in [1.29, 1.82) is 0 Å². The molecule has 0 bridgehead atoms. The molecule has 21 heavy (non-hydrogen) atoms. The molecule has 0 aromatic carbocycles. The molecule has 110 valence electrons. The number of nitrogens with zero attached hydrogens (tertiary/aromatic N) is 2. The molecule has 0 saturated carbocycles. The van der Waals surface area contributed by atoms with Gasteiger partial charge in [-0.2, -0.15) is 0 Å². The standard InChI is InChI=1S/C16H20N4O/c1-2-8-18-15-14(6-4-10-19-15)16(21)20-11-7-13-5-3-9-17-12-13/h3-6,9-10,12H,2,7-8,11H2,1H3,(H,18,19)(H,20,21). The zero-order valence-corrected chi connectivity index (χ0v) is 12.2. The minimum absolute atomic E-state index is 0.106. The zero-order valence-electron chi connectivity index (χ0n) is 12.2. The number of aromatic nitrogens is 2. The minimum Gasteiger partial charge on any atom is -0.369 e. The molecule has 2 N–H and O–H groups in total. The number of amides is 1. The smallest absolute Gasteiger partial charge is 0.255 e. The summed E-state index contributed by atoms with van der Waals surface area (Å²) in [6.45, 7) is 3.45. The second-order valence-corrected chi connectivity index (χ2v) is 4.69. The first-order valence-electron chi connectivity index (χ1n) is 7.17. The Bertz CT molecular complexity index is 571. The van der Waals surface area contributed by atoms with E-state index in [0.717, 1.165) is 24.9 Å². The summed E-state index contributed by atoms with van der Waals surface area (Å²) in [6, 6.07) is 7.44. The Kier molecular flexibility index (Phi) is 5.70. The number of hydrogen-bond donors (Lipinski definition) is 2. The van der Waals surface area contributed by atoms with E-state index in [9.17, 15) is 4.79 Å². The van der Waals surface area contributed by atoms with E-state index in [0.29, 0.717) is 17.9 Å². The van der Waals surface area contributed by atoms with Gasteiger partial charge in [0.1, 0.15) is 5.82 Å². The number of nitrogens with one attached hydrogen (secondary N) is 2. The first-order chi connectivity index (χ1) is 10.3. The zero-order chi connectivity index (χ0) is 14.9. The van der Waals surface area contributed by atoms with Crippen LogP contribution in [-0.2, 0) is 6.42 Å². The van der Waals surface area contributed by atoms with Crippen molar-refractivity contribution in [2.45, 2.75) is 19.8 Å². The Balaban J connectivity index is 1.91. The number of hydrogen-bond acceptors (Lipinski definition) is 4. The van der Waals surface area contributed by atoms with Crippen molar-refractivity contribution in [3.8, 4) is 0 Å². The minimum atomic E-state index is -0.106. The van der Waals surface area contributed by atoms with Crippen molar-refractivity contribution in [3.63, 3.8) is 0 Å².